The fraction of sp³-hybridized carbons (Fsp3) is 0.500. The van der Waals surface area contributed by atoms with Crippen LogP contribution in [0.3, 0.4) is 0 Å². The van der Waals surface area contributed by atoms with Gasteiger partial charge in [-0.05, 0) is 62.1 Å². The summed E-state index contributed by atoms with van der Waals surface area (Å²) in [5, 5.41) is 19.7. The number of benzene rings is 1. The number of carbonyl (C=O) groups excluding carboxylic acids is 2. The Morgan fingerprint density at radius 1 is 1.17 bits per heavy atom. The first kappa shape index (κ1) is 20.8. The van der Waals surface area contributed by atoms with Crippen LogP contribution in [0.5, 0.6) is 0 Å². The number of fused-ring (bicyclic) bond motifs is 3. The smallest absolute Gasteiger partial charge is 0.237 e. The molecule has 2 heterocycles. The van der Waals surface area contributed by atoms with E-state index in [1.54, 1.807) is 0 Å². The predicted molar refractivity (Wildman–Crippen MR) is 116 cm³/mol. The second-order valence-corrected chi connectivity index (χ2v) is 8.85. The van der Waals surface area contributed by atoms with E-state index in [0.717, 1.165) is 24.0 Å². The summed E-state index contributed by atoms with van der Waals surface area (Å²) >= 11 is 0. The molecule has 3 aliphatic rings. The molecule has 4 rings (SSSR count). The number of nitrogens with one attached hydrogen (secondary N) is 3. The summed E-state index contributed by atoms with van der Waals surface area (Å²) in [6.07, 6.45) is 7.56. The third kappa shape index (κ3) is 4.20. The van der Waals surface area contributed by atoms with Gasteiger partial charge in [-0.1, -0.05) is 43.4 Å². The highest BCUT2D eigenvalue weighted by Gasteiger charge is 2.61. The number of hydrogen-bond acceptors (Lipinski definition) is 5. The summed E-state index contributed by atoms with van der Waals surface area (Å²) < 4.78 is 0. The fourth-order valence-electron chi connectivity index (χ4n) is 4.76. The van der Waals surface area contributed by atoms with Crippen molar-refractivity contribution in [2.45, 2.75) is 69.3 Å². The van der Waals surface area contributed by atoms with Crippen LogP contribution in [0.4, 0.5) is 0 Å². The predicted octanol–water partition coefficient (Wildman–Crippen LogP) is 2.56. The third-order valence-corrected chi connectivity index (χ3v) is 6.61. The van der Waals surface area contributed by atoms with Crippen LogP contribution in [0.25, 0.3) is 6.08 Å². The first-order valence-corrected chi connectivity index (χ1v) is 10.9. The molecule has 4 bridgehead atoms. The van der Waals surface area contributed by atoms with Crippen LogP contribution in [-0.2, 0) is 9.59 Å². The Bertz CT molecular complexity index is 880. The SMILES string of the molecule is C=C1NC(O)CC/C=C/c2cccc(c2)C(C)NC(=O)[C@@H]2CCCC3CC3(N2)C1=O. The third-order valence-electron chi connectivity index (χ3n) is 6.61. The zero-order valence-corrected chi connectivity index (χ0v) is 17.5. The molecule has 1 saturated heterocycles. The first-order chi connectivity index (χ1) is 14.4. The maximum Gasteiger partial charge on any atom is 0.237 e. The lowest BCUT2D eigenvalue weighted by Crippen LogP contribution is -2.54. The van der Waals surface area contributed by atoms with Crippen LogP contribution < -0.4 is 16.0 Å². The van der Waals surface area contributed by atoms with Crippen molar-refractivity contribution in [3.63, 3.8) is 0 Å². The Morgan fingerprint density at radius 3 is 2.83 bits per heavy atom. The molecule has 1 saturated carbocycles. The number of hydrogen-bond donors (Lipinski definition) is 4. The number of aliphatic hydroxyl groups is 1. The molecule has 0 aromatic heterocycles. The van der Waals surface area contributed by atoms with Crippen LogP contribution in [0, 0.1) is 5.92 Å². The summed E-state index contributed by atoms with van der Waals surface area (Å²) in [6, 6.07) is 7.53. The number of ketones is 1. The Labute approximate surface area is 177 Å². The van der Waals surface area contributed by atoms with Gasteiger partial charge in [-0.25, -0.2) is 0 Å². The van der Waals surface area contributed by atoms with E-state index in [1.807, 2.05) is 37.3 Å². The van der Waals surface area contributed by atoms with Crippen molar-refractivity contribution < 1.29 is 14.7 Å². The number of carbonyl (C=O) groups is 2. The van der Waals surface area contributed by atoms with Crippen molar-refractivity contribution in [2.24, 2.45) is 5.92 Å². The highest BCUT2D eigenvalue weighted by atomic mass is 16.3. The average Bonchev–Trinajstić information content (AvgIpc) is 3.44. The monoisotopic (exact) mass is 409 g/mol. The molecular weight excluding hydrogens is 378 g/mol. The van der Waals surface area contributed by atoms with Crippen molar-refractivity contribution in [1.82, 2.24) is 16.0 Å². The Kier molecular flexibility index (Phi) is 5.80. The molecule has 2 aliphatic heterocycles. The van der Waals surface area contributed by atoms with Crippen LogP contribution in [0.15, 0.2) is 42.6 Å². The van der Waals surface area contributed by atoms with Gasteiger partial charge >= 0.3 is 0 Å². The summed E-state index contributed by atoms with van der Waals surface area (Å²) in [5.41, 5.74) is 1.56. The molecule has 1 aliphatic carbocycles. The lowest BCUT2D eigenvalue weighted by molar-refractivity contribution is -0.125. The van der Waals surface area contributed by atoms with Gasteiger partial charge < -0.3 is 15.7 Å². The maximum atomic E-state index is 13.2. The molecule has 5 atom stereocenters. The minimum Gasteiger partial charge on any atom is -0.374 e. The zero-order valence-electron chi connectivity index (χ0n) is 17.5. The van der Waals surface area contributed by atoms with E-state index in [0.29, 0.717) is 25.7 Å². The van der Waals surface area contributed by atoms with Crippen molar-refractivity contribution in [3.8, 4) is 0 Å². The van der Waals surface area contributed by atoms with E-state index in [9.17, 15) is 14.7 Å². The minimum absolute atomic E-state index is 0.0777. The molecule has 4 N–H and O–H groups in total. The van der Waals surface area contributed by atoms with E-state index in [1.165, 1.54) is 0 Å². The highest BCUT2D eigenvalue weighted by molar-refractivity contribution is 6.05. The van der Waals surface area contributed by atoms with E-state index in [-0.39, 0.29) is 29.3 Å². The number of allylic oxidation sites excluding steroid dienone is 1. The Balaban J connectivity index is 1.62. The number of amides is 1. The standard InChI is InChI=1S/C24H31N3O3/c1-15-18-9-5-8-17(13-18)7-3-4-12-21(28)25-16(2)22(29)24-14-19(24)10-6-11-20(27-24)23(30)26-15/h3,5,7-9,13,15,19-21,25,27-28H,2,4,6,10-12,14H2,1H3,(H,26,30)/b7-3+/t15?,19?,20-,21?,24?/m0/s1. The summed E-state index contributed by atoms with van der Waals surface area (Å²) in [4.78, 5) is 26.2. The largest absolute Gasteiger partial charge is 0.374 e. The van der Waals surface area contributed by atoms with Crippen molar-refractivity contribution in [3.05, 3.63) is 53.7 Å². The highest BCUT2D eigenvalue weighted by Crippen LogP contribution is 2.50. The average molecular weight is 410 g/mol. The van der Waals surface area contributed by atoms with Crippen molar-refractivity contribution >= 4 is 17.8 Å². The molecule has 1 spiro atoms. The first-order valence-electron chi connectivity index (χ1n) is 10.9. The molecule has 6 heteroatoms. The molecule has 30 heavy (non-hydrogen) atoms. The number of Topliss-reactive ketones (excluding diaryl/α,β-unsaturated/α-hetero) is 1. The molecular formula is C24H31N3O3. The van der Waals surface area contributed by atoms with Crippen LogP contribution >= 0.6 is 0 Å². The molecule has 2 fully saturated rings. The zero-order chi connectivity index (χ0) is 21.3. The maximum absolute atomic E-state index is 13.2. The molecule has 1 aromatic carbocycles. The van der Waals surface area contributed by atoms with Gasteiger partial charge in [-0.15, -0.1) is 0 Å². The molecule has 6 nitrogen and oxygen atoms in total. The van der Waals surface area contributed by atoms with E-state index in [4.69, 9.17) is 0 Å². The minimum atomic E-state index is -0.841. The van der Waals surface area contributed by atoms with E-state index < -0.39 is 17.8 Å². The van der Waals surface area contributed by atoms with E-state index >= 15 is 0 Å². The van der Waals surface area contributed by atoms with Crippen molar-refractivity contribution in [2.75, 3.05) is 0 Å². The number of aliphatic hydroxyl groups excluding tert-OH is 1. The van der Waals surface area contributed by atoms with Gasteiger partial charge in [0, 0.05) is 0 Å². The van der Waals surface area contributed by atoms with Gasteiger partial charge in [0.25, 0.3) is 0 Å². The topological polar surface area (TPSA) is 90.5 Å². The Hall–Kier alpha value is -2.44. The lowest BCUT2D eigenvalue weighted by atomic mass is 10.0. The quantitative estimate of drug-likeness (QED) is 0.495. The van der Waals surface area contributed by atoms with Crippen LogP contribution in [-0.4, -0.2) is 34.6 Å². The van der Waals surface area contributed by atoms with Crippen molar-refractivity contribution in [1.29, 1.82) is 0 Å². The fourth-order valence-corrected chi connectivity index (χ4v) is 4.76. The van der Waals surface area contributed by atoms with Gasteiger partial charge in [-0.3, -0.25) is 14.9 Å². The second kappa shape index (κ2) is 8.36. The lowest BCUT2D eigenvalue weighted by Gasteiger charge is -2.26. The normalized spacial score (nSPS) is 35.9. The second-order valence-electron chi connectivity index (χ2n) is 8.85. The summed E-state index contributed by atoms with van der Waals surface area (Å²) in [6.45, 7) is 5.86. The van der Waals surface area contributed by atoms with Gasteiger partial charge in [0.05, 0.1) is 23.3 Å². The van der Waals surface area contributed by atoms with Crippen LogP contribution in [0.2, 0.25) is 0 Å². The van der Waals surface area contributed by atoms with Gasteiger partial charge in [-0.2, -0.15) is 0 Å². The molecule has 1 amide bonds. The van der Waals surface area contributed by atoms with Gasteiger partial charge in [0.1, 0.15) is 6.23 Å². The summed E-state index contributed by atoms with van der Waals surface area (Å²) in [7, 11) is 0. The molecule has 0 radical (unpaired) electrons. The molecule has 1 aromatic rings. The van der Waals surface area contributed by atoms with E-state index in [2.05, 4.69) is 28.6 Å². The van der Waals surface area contributed by atoms with Crippen LogP contribution in [0.1, 0.15) is 62.6 Å². The van der Waals surface area contributed by atoms with Gasteiger partial charge in [0.2, 0.25) is 5.91 Å². The van der Waals surface area contributed by atoms with Gasteiger partial charge in [0.15, 0.2) is 5.78 Å². The Morgan fingerprint density at radius 2 is 2.00 bits per heavy atom. The number of rotatable bonds is 0. The summed E-state index contributed by atoms with van der Waals surface area (Å²) in [5.74, 6) is 0.00881. The molecule has 4 unspecified atom stereocenters. The molecule has 160 valence electrons.